The number of rotatable bonds is 8. The summed E-state index contributed by atoms with van der Waals surface area (Å²) in [6.07, 6.45) is 1.05. The van der Waals surface area contributed by atoms with Crippen LogP contribution in [0.15, 0.2) is 24.3 Å². The zero-order chi connectivity index (χ0) is 20.2. The van der Waals surface area contributed by atoms with Gasteiger partial charge in [0.2, 0.25) is 0 Å². The summed E-state index contributed by atoms with van der Waals surface area (Å²) in [5, 5.41) is 31.7. The monoisotopic (exact) mass is 379 g/mol. The molecule has 0 aliphatic carbocycles. The number of anilines is 1. The predicted molar refractivity (Wildman–Crippen MR) is 104 cm³/mol. The van der Waals surface area contributed by atoms with Gasteiger partial charge in [0.15, 0.2) is 0 Å². The lowest BCUT2D eigenvalue weighted by Gasteiger charge is -2.32. The van der Waals surface area contributed by atoms with E-state index in [1.807, 2.05) is 38.1 Å². The third-order valence-corrected chi connectivity index (χ3v) is 5.45. The van der Waals surface area contributed by atoms with Gasteiger partial charge in [-0.3, -0.25) is 4.79 Å². The minimum absolute atomic E-state index is 0.00675. The van der Waals surface area contributed by atoms with Gasteiger partial charge in [0, 0.05) is 18.2 Å². The second-order valence-electron chi connectivity index (χ2n) is 8.16. The van der Waals surface area contributed by atoms with Crippen molar-refractivity contribution in [2.75, 3.05) is 11.9 Å². The van der Waals surface area contributed by atoms with E-state index in [4.69, 9.17) is 4.74 Å². The number of aliphatic hydroxyl groups excluding tert-OH is 2. The molecule has 152 valence electrons. The topological polar surface area (TPSA) is 99.0 Å². The summed E-state index contributed by atoms with van der Waals surface area (Å²) >= 11 is 0. The highest BCUT2D eigenvalue weighted by Gasteiger charge is 2.47. The molecule has 4 N–H and O–H groups in total. The molecule has 1 aliphatic rings. The molecule has 27 heavy (non-hydrogen) atoms. The van der Waals surface area contributed by atoms with Crippen LogP contribution < -0.4 is 5.32 Å². The largest absolute Gasteiger partial charge is 0.396 e. The molecule has 0 aromatic heterocycles. The fourth-order valence-corrected chi connectivity index (χ4v) is 4.12. The second kappa shape index (κ2) is 9.15. The average Bonchev–Trinajstić information content (AvgIpc) is 2.90. The van der Waals surface area contributed by atoms with Gasteiger partial charge >= 0.3 is 0 Å². The van der Waals surface area contributed by atoms with E-state index in [1.165, 1.54) is 6.92 Å². The zero-order valence-electron chi connectivity index (χ0n) is 16.7. The number of ether oxygens (including phenoxy) is 1. The van der Waals surface area contributed by atoms with Crippen molar-refractivity contribution in [3.05, 3.63) is 29.8 Å². The lowest BCUT2D eigenvalue weighted by Crippen LogP contribution is -2.40. The SMILES string of the molecule is C[C@H]1[C@H](C(C)(C)O)[C@@H](CCO)O[C@H]1CCc1ccc(NC(=O)[C@H](C)O)cc1. The molecule has 1 fully saturated rings. The molecule has 5 atom stereocenters. The summed E-state index contributed by atoms with van der Waals surface area (Å²) < 4.78 is 6.17. The molecular weight excluding hydrogens is 346 g/mol. The van der Waals surface area contributed by atoms with Crippen LogP contribution in [-0.2, 0) is 16.0 Å². The molecule has 0 spiro atoms. The molecule has 1 saturated heterocycles. The highest BCUT2D eigenvalue weighted by atomic mass is 16.5. The van der Waals surface area contributed by atoms with Gasteiger partial charge in [0.1, 0.15) is 6.10 Å². The van der Waals surface area contributed by atoms with Gasteiger partial charge in [-0.05, 0) is 63.6 Å². The van der Waals surface area contributed by atoms with Crippen LogP contribution in [0, 0.1) is 11.8 Å². The molecule has 0 saturated carbocycles. The Labute approximate surface area is 161 Å². The lowest BCUT2D eigenvalue weighted by atomic mass is 9.76. The summed E-state index contributed by atoms with van der Waals surface area (Å²) in [5.41, 5.74) is 0.934. The number of amides is 1. The second-order valence-corrected chi connectivity index (χ2v) is 8.16. The Hall–Kier alpha value is -1.47. The molecule has 1 aromatic carbocycles. The van der Waals surface area contributed by atoms with Crippen LogP contribution in [-0.4, -0.2) is 51.7 Å². The van der Waals surface area contributed by atoms with Crippen LogP contribution in [0.1, 0.15) is 46.1 Å². The Morgan fingerprint density at radius 2 is 1.85 bits per heavy atom. The number of benzene rings is 1. The van der Waals surface area contributed by atoms with Gasteiger partial charge in [0.25, 0.3) is 5.91 Å². The molecular formula is C21H33NO5. The summed E-state index contributed by atoms with van der Waals surface area (Å²) in [4.78, 5) is 11.5. The predicted octanol–water partition coefficient (Wildman–Crippen LogP) is 2.11. The number of hydrogen-bond acceptors (Lipinski definition) is 5. The fourth-order valence-electron chi connectivity index (χ4n) is 4.12. The highest BCUT2D eigenvalue weighted by Crippen LogP contribution is 2.42. The van der Waals surface area contributed by atoms with E-state index in [2.05, 4.69) is 12.2 Å². The number of hydrogen-bond donors (Lipinski definition) is 4. The number of carbonyl (C=O) groups excluding carboxylic acids is 1. The van der Waals surface area contributed by atoms with E-state index in [9.17, 15) is 20.1 Å². The van der Waals surface area contributed by atoms with Gasteiger partial charge in [-0.1, -0.05) is 19.1 Å². The molecule has 1 aliphatic heterocycles. The smallest absolute Gasteiger partial charge is 0.252 e. The van der Waals surface area contributed by atoms with Crippen LogP contribution in [0.4, 0.5) is 5.69 Å². The first-order chi connectivity index (χ1) is 12.6. The fraction of sp³-hybridized carbons (Fsp3) is 0.667. The molecule has 1 aromatic rings. The van der Waals surface area contributed by atoms with E-state index in [0.29, 0.717) is 12.1 Å². The molecule has 0 unspecified atom stereocenters. The zero-order valence-corrected chi connectivity index (χ0v) is 16.7. The van der Waals surface area contributed by atoms with Crippen molar-refractivity contribution in [2.24, 2.45) is 11.8 Å². The quantitative estimate of drug-likeness (QED) is 0.554. The summed E-state index contributed by atoms with van der Waals surface area (Å²) in [6.45, 7) is 7.21. The molecule has 0 radical (unpaired) electrons. The minimum Gasteiger partial charge on any atom is -0.396 e. The van der Waals surface area contributed by atoms with Crippen LogP contribution in [0.25, 0.3) is 0 Å². The lowest BCUT2D eigenvalue weighted by molar-refractivity contribution is -0.123. The first kappa shape index (κ1) is 21.8. The highest BCUT2D eigenvalue weighted by molar-refractivity contribution is 5.93. The van der Waals surface area contributed by atoms with Crippen molar-refractivity contribution in [2.45, 2.75) is 70.9 Å². The third-order valence-electron chi connectivity index (χ3n) is 5.45. The molecule has 1 amide bonds. The minimum atomic E-state index is -1.04. The van der Waals surface area contributed by atoms with Gasteiger partial charge in [0.05, 0.1) is 17.8 Å². The molecule has 1 heterocycles. The number of carbonyl (C=O) groups is 1. The van der Waals surface area contributed by atoms with Crippen molar-refractivity contribution in [1.29, 1.82) is 0 Å². The summed E-state index contributed by atoms with van der Waals surface area (Å²) in [5.74, 6) is -0.234. The maximum absolute atomic E-state index is 11.5. The number of aryl methyl sites for hydroxylation is 1. The maximum Gasteiger partial charge on any atom is 0.252 e. The van der Waals surface area contributed by atoms with Crippen LogP contribution in [0.3, 0.4) is 0 Å². The first-order valence-electron chi connectivity index (χ1n) is 9.70. The van der Waals surface area contributed by atoms with Crippen LogP contribution >= 0.6 is 0 Å². The standard InChI is InChI=1S/C21H33NO5/c1-13-17(27-18(11-12-23)19(13)21(3,4)26)10-7-15-5-8-16(9-6-15)22-20(25)14(2)24/h5-6,8-9,13-14,17-19,23-24,26H,7,10-12H2,1-4H3,(H,22,25)/t13-,14+,17+,18-,19+/m1/s1. The van der Waals surface area contributed by atoms with Crippen molar-refractivity contribution in [3.63, 3.8) is 0 Å². The Morgan fingerprint density at radius 1 is 1.22 bits per heavy atom. The molecule has 2 rings (SSSR count). The van der Waals surface area contributed by atoms with Crippen LogP contribution in [0.2, 0.25) is 0 Å². The van der Waals surface area contributed by atoms with E-state index >= 15 is 0 Å². The molecule has 6 heteroatoms. The summed E-state index contributed by atoms with van der Waals surface area (Å²) in [7, 11) is 0. The maximum atomic E-state index is 11.5. The van der Waals surface area contributed by atoms with Crippen molar-refractivity contribution in [1.82, 2.24) is 0 Å². The van der Waals surface area contributed by atoms with Crippen molar-refractivity contribution < 1.29 is 24.9 Å². The number of nitrogens with one attached hydrogen (secondary N) is 1. The Morgan fingerprint density at radius 3 is 2.37 bits per heavy atom. The third kappa shape index (κ3) is 5.75. The van der Waals surface area contributed by atoms with Crippen molar-refractivity contribution in [3.8, 4) is 0 Å². The molecule has 6 nitrogen and oxygen atoms in total. The average molecular weight is 379 g/mol. The van der Waals surface area contributed by atoms with E-state index in [-0.39, 0.29) is 30.7 Å². The Kier molecular flexibility index (Phi) is 7.40. The van der Waals surface area contributed by atoms with E-state index in [0.717, 1.165) is 18.4 Å². The Balaban J connectivity index is 1.95. The molecule has 0 bridgehead atoms. The Bertz CT molecular complexity index is 608. The normalized spacial score (nSPS) is 26.8. The summed E-state index contributed by atoms with van der Waals surface area (Å²) in [6, 6.07) is 7.55. The van der Waals surface area contributed by atoms with E-state index < -0.39 is 17.6 Å². The van der Waals surface area contributed by atoms with E-state index in [1.54, 1.807) is 0 Å². The van der Waals surface area contributed by atoms with Crippen LogP contribution in [0.5, 0.6) is 0 Å². The van der Waals surface area contributed by atoms with Gasteiger partial charge in [-0.2, -0.15) is 0 Å². The van der Waals surface area contributed by atoms with Gasteiger partial charge in [-0.15, -0.1) is 0 Å². The number of aliphatic hydroxyl groups is 3. The first-order valence-corrected chi connectivity index (χ1v) is 9.70. The van der Waals surface area contributed by atoms with Gasteiger partial charge in [-0.25, -0.2) is 0 Å². The van der Waals surface area contributed by atoms with Gasteiger partial charge < -0.3 is 25.4 Å². The van der Waals surface area contributed by atoms with Crippen molar-refractivity contribution >= 4 is 11.6 Å².